The normalized spacial score (nSPS) is 1.50. The molecular weight excluding hydrogens is 76.6 g/mol. The summed E-state index contributed by atoms with van der Waals surface area (Å²) in [7, 11) is 1.00. The van der Waals surface area contributed by atoms with Gasteiger partial charge in [0.1, 0.15) is 0 Å². The summed E-state index contributed by atoms with van der Waals surface area (Å²) < 4.78 is 0. The summed E-state index contributed by atoms with van der Waals surface area (Å²) in [5, 5.41) is 7.00. The largest absolute Gasteiger partial charge is 2.00 e. The molecule has 1 nitrogen and oxygen atoms in total. The van der Waals surface area contributed by atoms with Crippen molar-refractivity contribution in [2.75, 3.05) is 7.11 Å². The molecule has 1 N–H and O–H groups in total. The second kappa shape index (κ2) is 24.6. The van der Waals surface area contributed by atoms with Crippen molar-refractivity contribution < 1.29 is 10.8 Å². The van der Waals surface area contributed by atoms with Crippen molar-refractivity contribution >= 4 is 46.1 Å². The first-order valence-electron chi connectivity index (χ1n) is 0.447. The van der Waals surface area contributed by atoms with Crippen LogP contribution in [0.1, 0.15) is 5.71 Å². The number of hydrogen-bond donors (Lipinski definition) is 1. The van der Waals surface area contributed by atoms with Gasteiger partial charge in [-0.05, 0) is 0 Å². The van der Waals surface area contributed by atoms with E-state index in [0.29, 0.717) is 0 Å². The molecule has 0 saturated carbocycles. The van der Waals surface area contributed by atoms with E-state index in [-0.39, 0.29) is 51.8 Å². The molecule has 0 aliphatic heterocycles. The van der Waals surface area contributed by atoms with Gasteiger partial charge in [0.15, 0.2) is 0 Å². The van der Waals surface area contributed by atoms with Crippen LogP contribution in [0.15, 0.2) is 0 Å². The molecule has 0 unspecified atom stereocenters. The minimum Gasteiger partial charge on any atom is -1.00 e. The quantitative estimate of drug-likeness (QED) is 0.385. The van der Waals surface area contributed by atoms with Crippen molar-refractivity contribution in [3.63, 3.8) is 0 Å². The molecule has 3 heteroatoms. The van der Waals surface area contributed by atoms with Gasteiger partial charge in [-0.3, -0.25) is 0 Å². The van der Waals surface area contributed by atoms with Crippen molar-refractivity contribution in [2.24, 2.45) is 0 Å². The maximum Gasteiger partial charge on any atom is 2.00 e. The maximum absolute atomic E-state index is 7.00. The minimum atomic E-state index is 0. The van der Waals surface area contributed by atoms with Gasteiger partial charge in [-0.25, -0.2) is 0 Å². The summed E-state index contributed by atoms with van der Waals surface area (Å²) in [6, 6.07) is 0. The first-order valence-corrected chi connectivity index (χ1v) is 0.447. The molecule has 4 heavy (non-hydrogen) atoms. The van der Waals surface area contributed by atoms with Crippen molar-refractivity contribution in [1.82, 2.24) is 0 Å². The molecule has 0 amide bonds. The maximum atomic E-state index is 7.00. The second-order valence-electron chi connectivity index (χ2n) is 0. The summed E-state index contributed by atoms with van der Waals surface area (Å²) in [6.45, 7) is 0. The third-order valence-electron chi connectivity index (χ3n) is 0. The monoisotopic (exact) mass is 84.0 g/mol. The zero-order valence-corrected chi connectivity index (χ0v) is 5.69. The van der Waals surface area contributed by atoms with Gasteiger partial charge in [-0.2, -0.15) is 0 Å². The summed E-state index contributed by atoms with van der Waals surface area (Å²) >= 11 is 0. The van der Waals surface area contributed by atoms with Gasteiger partial charge in [0.2, 0.25) is 0 Å². The Labute approximate surface area is 64.0 Å². The zero-order valence-electron chi connectivity index (χ0n) is 6.86. The van der Waals surface area contributed by atoms with Crippen LogP contribution < -0.4 is 0 Å². The van der Waals surface area contributed by atoms with Crippen LogP contribution in [0.4, 0.5) is 0 Å². The predicted octanol–water partition coefficient (Wildman–Crippen LogP) is -0.703. The van der Waals surface area contributed by atoms with Crippen LogP contribution in [0.2, 0.25) is 0 Å². The Kier molecular flexibility index (Phi) is 110. The van der Waals surface area contributed by atoms with Crippen molar-refractivity contribution in [3.05, 3.63) is 0 Å². The van der Waals surface area contributed by atoms with Gasteiger partial charge in [-0.1, -0.05) is 0 Å². The summed E-state index contributed by atoms with van der Waals surface area (Å²) in [5.74, 6) is 0. The number of hydrogen-bond acceptors (Lipinski definition) is 1. The molecule has 0 fully saturated rings. The molecule has 0 aromatic rings. The van der Waals surface area contributed by atoms with Crippen LogP contribution in [0.25, 0.3) is 0 Å². The van der Waals surface area contributed by atoms with Crippen LogP contribution in [0.5, 0.6) is 0 Å². The van der Waals surface area contributed by atoms with E-state index in [9.17, 15) is 0 Å². The predicted molar refractivity (Wildman–Crippen MR) is 24.1 cm³/mol. The average molecular weight is 84.7 g/mol. The fourth-order valence-electron chi connectivity index (χ4n) is 0. The Hall–Kier alpha value is 1.49. The molecule has 0 aliphatic rings. The van der Waals surface area contributed by atoms with Crippen molar-refractivity contribution in [3.8, 4) is 0 Å². The fourth-order valence-corrected chi connectivity index (χ4v) is 0. The Balaban J connectivity index is -0.000000000333. The first-order chi connectivity index (χ1) is 1.00. The van der Waals surface area contributed by atoms with Crippen molar-refractivity contribution in [1.29, 1.82) is 0 Å². The molecule has 0 spiro atoms. The van der Waals surface area contributed by atoms with E-state index in [2.05, 4.69) is 0 Å². The third kappa shape index (κ3) is 9.74. The molecule has 0 rings (SSSR count). The average Bonchev–Trinajstić information content (AvgIpc) is 1.00. The van der Waals surface area contributed by atoms with Crippen LogP contribution in [-0.4, -0.2) is 58.3 Å². The van der Waals surface area contributed by atoms with Crippen LogP contribution in [0.3, 0.4) is 0 Å². The number of rotatable bonds is 0. The van der Waals surface area contributed by atoms with E-state index >= 15 is 0 Å². The number of aliphatic hydroxyl groups excluding tert-OH is 1. The fraction of sp³-hybridized carbons (Fsp3) is 1.00. The Morgan fingerprint density at radius 3 is 1.25 bits per heavy atom. The molecular formula is CH8Mg2O. The van der Waals surface area contributed by atoms with Crippen molar-refractivity contribution in [2.45, 2.75) is 0 Å². The smallest absolute Gasteiger partial charge is 1.00 e. The SMILES string of the molecule is CO.[H-].[H-].[H-].[H-].[Mg+2].[Mg+2]. The van der Waals surface area contributed by atoms with E-state index in [0.717, 1.165) is 7.11 Å². The van der Waals surface area contributed by atoms with Gasteiger partial charge in [-0.15, -0.1) is 0 Å². The van der Waals surface area contributed by atoms with Gasteiger partial charge in [0, 0.05) is 7.11 Å². The zero-order chi connectivity index (χ0) is 2.00. The molecule has 0 aromatic carbocycles. The molecule has 0 atom stereocenters. The molecule has 0 saturated heterocycles. The van der Waals surface area contributed by atoms with Crippen LogP contribution in [-0.2, 0) is 0 Å². The standard InChI is InChI=1S/CH4O.2Mg.4H/c1-2;;;;;;/h2H,1H3;;;;;;/q;2*+2;4*-1. The summed E-state index contributed by atoms with van der Waals surface area (Å²) in [6.07, 6.45) is 0. The van der Waals surface area contributed by atoms with E-state index in [4.69, 9.17) is 5.11 Å². The Bertz CT molecular complexity index is 14.0. The van der Waals surface area contributed by atoms with Gasteiger partial charge >= 0.3 is 46.1 Å². The molecule has 0 aliphatic carbocycles. The molecule has 22 valence electrons. The molecule has 0 radical (unpaired) electrons. The minimum absolute atomic E-state index is 0. The summed E-state index contributed by atoms with van der Waals surface area (Å²) in [5.41, 5.74) is 0. The first kappa shape index (κ1) is 17.8. The van der Waals surface area contributed by atoms with E-state index in [1.807, 2.05) is 0 Å². The number of aliphatic hydroxyl groups is 1. The van der Waals surface area contributed by atoms with E-state index < -0.39 is 0 Å². The van der Waals surface area contributed by atoms with E-state index in [1.54, 1.807) is 0 Å². The van der Waals surface area contributed by atoms with Crippen LogP contribution >= 0.6 is 0 Å². The van der Waals surface area contributed by atoms with Gasteiger partial charge < -0.3 is 10.8 Å². The molecule has 0 heterocycles. The van der Waals surface area contributed by atoms with Crippen LogP contribution in [0, 0.1) is 0 Å². The van der Waals surface area contributed by atoms with E-state index in [1.165, 1.54) is 0 Å². The van der Waals surface area contributed by atoms with Gasteiger partial charge in [0.05, 0.1) is 0 Å². The summed E-state index contributed by atoms with van der Waals surface area (Å²) in [4.78, 5) is 0. The third-order valence-corrected chi connectivity index (χ3v) is 0. The molecule has 0 aromatic heterocycles. The van der Waals surface area contributed by atoms with Gasteiger partial charge in [0.25, 0.3) is 0 Å². The topological polar surface area (TPSA) is 20.2 Å². The molecule has 0 bridgehead atoms. The Morgan fingerprint density at radius 1 is 1.25 bits per heavy atom. The second-order valence-corrected chi connectivity index (χ2v) is 0. The Morgan fingerprint density at radius 2 is 1.25 bits per heavy atom.